The molecule has 0 aliphatic rings. The second-order valence-corrected chi connectivity index (χ2v) is 12.3. The molecule has 0 aromatic rings. The van der Waals surface area contributed by atoms with Crippen LogP contribution in [0.25, 0.3) is 21.3 Å². The van der Waals surface area contributed by atoms with Crippen molar-refractivity contribution in [3.63, 3.8) is 0 Å². The van der Waals surface area contributed by atoms with Gasteiger partial charge in [-0.15, -0.1) is 52.4 Å². The Balaban J connectivity index is -0.000000157. The van der Waals surface area contributed by atoms with Gasteiger partial charge in [0.1, 0.15) is 0 Å². The van der Waals surface area contributed by atoms with E-state index in [9.17, 15) is 0 Å². The summed E-state index contributed by atoms with van der Waals surface area (Å²) in [6, 6.07) is 0. The normalized spacial score (nSPS) is 10.1. The predicted octanol–water partition coefficient (Wildman–Crippen LogP) is 15.0. The number of unbranched alkanes of at least 4 members (excludes halogenated alkanes) is 16. The average Bonchev–Trinajstić information content (AvgIpc) is 3.04. The molecule has 0 rings (SSSR count). The summed E-state index contributed by atoms with van der Waals surface area (Å²) in [7, 11) is 0. The van der Waals surface area contributed by atoms with Crippen molar-refractivity contribution in [3.8, 4) is 0 Å². The number of nitrogens with zero attached hydrogens (tertiary/aromatic N) is 4. The summed E-state index contributed by atoms with van der Waals surface area (Å²) in [6.07, 6.45) is 31.7. The Kier molecular flexibility index (Phi) is 77.7. The zero-order valence-electron chi connectivity index (χ0n) is 32.9. The van der Waals surface area contributed by atoms with Crippen LogP contribution < -0.4 is 0 Å². The zero-order chi connectivity index (χ0) is 33.5. The molecule has 0 heterocycles. The van der Waals surface area contributed by atoms with E-state index in [2.05, 4.69) is 76.7 Å². The molecule has 0 radical (unpaired) electrons. The van der Waals surface area contributed by atoms with Gasteiger partial charge < -0.3 is 21.3 Å². The average molecular weight is 716 g/mol. The van der Waals surface area contributed by atoms with Crippen LogP contribution in [0.3, 0.4) is 0 Å². The molecule has 0 N–H and O–H groups in total. The van der Waals surface area contributed by atoms with Crippen LogP contribution in [0, 0.1) is 0 Å². The minimum Gasteiger partial charge on any atom is -0.662 e. The van der Waals surface area contributed by atoms with Crippen LogP contribution in [-0.2, 0) is 26.2 Å². The molecule has 0 saturated carbocycles. The van der Waals surface area contributed by atoms with Crippen LogP contribution in [0.1, 0.15) is 209 Å². The van der Waals surface area contributed by atoms with Gasteiger partial charge in [0.05, 0.1) is 0 Å². The number of rotatable bonds is 32. The molecule has 5 heteroatoms. The van der Waals surface area contributed by atoms with Gasteiger partial charge in [0, 0.05) is 0 Å². The maximum Gasteiger partial charge on any atom is 4.00 e. The van der Waals surface area contributed by atoms with E-state index in [0.29, 0.717) is 0 Å². The van der Waals surface area contributed by atoms with Gasteiger partial charge >= 0.3 is 26.2 Å². The molecule has 0 aromatic carbocycles. The van der Waals surface area contributed by atoms with Crippen molar-refractivity contribution in [1.29, 1.82) is 0 Å². The van der Waals surface area contributed by atoms with Crippen molar-refractivity contribution >= 4 is 0 Å². The van der Waals surface area contributed by atoms with Crippen molar-refractivity contribution < 1.29 is 26.2 Å². The second-order valence-electron chi connectivity index (χ2n) is 12.3. The van der Waals surface area contributed by atoms with E-state index in [0.717, 1.165) is 52.4 Å². The first-order chi connectivity index (χ1) is 21.7. The molecule has 0 spiro atoms. The van der Waals surface area contributed by atoms with Gasteiger partial charge in [-0.2, -0.15) is 0 Å². The molecule has 45 heavy (non-hydrogen) atoms. The fourth-order valence-corrected chi connectivity index (χ4v) is 4.13. The summed E-state index contributed by atoms with van der Waals surface area (Å²) in [5, 5.41) is 17.7. The summed E-state index contributed by atoms with van der Waals surface area (Å²) >= 11 is 0. The van der Waals surface area contributed by atoms with Crippen LogP contribution in [0.4, 0.5) is 0 Å². The molecular weight excluding hydrogens is 628 g/mol. The smallest absolute Gasteiger partial charge is 0.662 e. The molecule has 0 amide bonds. The summed E-state index contributed by atoms with van der Waals surface area (Å²) in [5.74, 6) is 0. The first-order valence-electron chi connectivity index (χ1n) is 20.2. The Morgan fingerprint density at radius 1 is 0.200 bits per heavy atom. The Bertz CT molecular complexity index is 294. The molecular formula is C40H88N4Zr. The van der Waals surface area contributed by atoms with Gasteiger partial charge in [-0.1, -0.05) is 209 Å². The molecule has 0 aliphatic carbocycles. The molecule has 0 unspecified atom stereocenters. The fraction of sp³-hybridized carbons (Fsp3) is 1.00. The van der Waals surface area contributed by atoms with Gasteiger partial charge in [-0.25, -0.2) is 0 Å². The number of hydrogen-bond acceptors (Lipinski definition) is 0. The number of hydrogen-bond donors (Lipinski definition) is 0. The van der Waals surface area contributed by atoms with E-state index in [4.69, 9.17) is 0 Å². The molecule has 4 nitrogen and oxygen atoms in total. The first kappa shape index (κ1) is 55.1. The van der Waals surface area contributed by atoms with E-state index in [-0.39, 0.29) is 26.2 Å². The van der Waals surface area contributed by atoms with E-state index in [1.165, 1.54) is 154 Å². The van der Waals surface area contributed by atoms with Gasteiger partial charge in [0.25, 0.3) is 0 Å². The van der Waals surface area contributed by atoms with Gasteiger partial charge in [0.2, 0.25) is 0 Å². The van der Waals surface area contributed by atoms with Crippen molar-refractivity contribution in [2.24, 2.45) is 0 Å². The Labute approximate surface area is 307 Å². The van der Waals surface area contributed by atoms with Crippen LogP contribution in [0.5, 0.6) is 0 Å². The minimum atomic E-state index is 0. The monoisotopic (exact) mass is 715 g/mol. The van der Waals surface area contributed by atoms with Crippen molar-refractivity contribution in [3.05, 3.63) is 21.3 Å². The molecule has 0 fully saturated rings. The SMILES string of the molecule is CCCCCC[N-]CCCC.CCCCCC[N-]CCCC.CCCCCC[N-]CCCC.CCCCCC[N-]CCCC.[Zr+4]. The molecule has 0 aliphatic heterocycles. The molecule has 272 valence electrons. The van der Waals surface area contributed by atoms with Crippen LogP contribution in [0.15, 0.2) is 0 Å². The van der Waals surface area contributed by atoms with E-state index in [1.54, 1.807) is 0 Å². The minimum absolute atomic E-state index is 0. The summed E-state index contributed by atoms with van der Waals surface area (Å²) < 4.78 is 0. The second kappa shape index (κ2) is 63.4. The fourth-order valence-electron chi connectivity index (χ4n) is 4.13. The summed E-state index contributed by atoms with van der Waals surface area (Å²) in [5.41, 5.74) is 0. The molecule has 0 bridgehead atoms. The zero-order valence-corrected chi connectivity index (χ0v) is 35.4. The quantitative estimate of drug-likeness (QED) is 0.0623. The maximum absolute atomic E-state index is 4.43. The van der Waals surface area contributed by atoms with Crippen LogP contribution in [-0.4, -0.2) is 52.4 Å². The van der Waals surface area contributed by atoms with Gasteiger partial charge in [-0.3, -0.25) is 0 Å². The van der Waals surface area contributed by atoms with E-state index < -0.39 is 0 Å². The summed E-state index contributed by atoms with van der Waals surface area (Å²) in [6.45, 7) is 26.6. The van der Waals surface area contributed by atoms with Crippen LogP contribution in [0.2, 0.25) is 0 Å². The third kappa shape index (κ3) is 76.2. The van der Waals surface area contributed by atoms with Crippen LogP contribution >= 0.6 is 0 Å². The molecule has 0 saturated heterocycles. The molecule has 0 aromatic heterocycles. The Morgan fingerprint density at radius 3 is 0.511 bits per heavy atom. The van der Waals surface area contributed by atoms with Gasteiger partial charge in [0.15, 0.2) is 0 Å². The van der Waals surface area contributed by atoms with Crippen molar-refractivity contribution in [2.75, 3.05) is 52.4 Å². The van der Waals surface area contributed by atoms with E-state index >= 15 is 0 Å². The van der Waals surface area contributed by atoms with Gasteiger partial charge in [-0.05, 0) is 0 Å². The summed E-state index contributed by atoms with van der Waals surface area (Å²) in [4.78, 5) is 0. The Morgan fingerprint density at radius 2 is 0.356 bits per heavy atom. The third-order valence-electron chi connectivity index (χ3n) is 7.36. The maximum atomic E-state index is 4.43. The third-order valence-corrected chi connectivity index (χ3v) is 7.36. The predicted molar refractivity (Wildman–Crippen MR) is 209 cm³/mol. The standard InChI is InChI=1S/4C10H22N.Zr/c4*1-3-5-7-8-10-11-9-6-4-2;/h4*3-10H2,1-2H3;/q4*-1;+4. The Hall–Kier alpha value is 0.723. The largest absolute Gasteiger partial charge is 4.00 e. The van der Waals surface area contributed by atoms with Crippen molar-refractivity contribution in [1.82, 2.24) is 0 Å². The topological polar surface area (TPSA) is 56.4 Å². The van der Waals surface area contributed by atoms with E-state index in [1.807, 2.05) is 0 Å². The first-order valence-corrected chi connectivity index (χ1v) is 20.2. The molecule has 0 atom stereocenters. The van der Waals surface area contributed by atoms with Crippen molar-refractivity contribution in [2.45, 2.75) is 209 Å².